The van der Waals surface area contributed by atoms with Gasteiger partial charge in [-0.2, -0.15) is 5.10 Å². The fourth-order valence-electron chi connectivity index (χ4n) is 3.25. The lowest BCUT2D eigenvalue weighted by molar-refractivity contribution is -0.126. The molecule has 0 saturated carbocycles. The normalized spacial score (nSPS) is 16.2. The molecule has 1 aliphatic rings. The maximum atomic E-state index is 12.6. The van der Waals surface area contributed by atoms with Gasteiger partial charge in [0.1, 0.15) is 5.75 Å². The van der Waals surface area contributed by atoms with Crippen molar-refractivity contribution in [3.63, 3.8) is 0 Å². The summed E-state index contributed by atoms with van der Waals surface area (Å²) in [5.74, 6) is 0.868. The number of hydrogen-bond acceptors (Lipinski definition) is 5. The topological polar surface area (TPSA) is 87.3 Å². The number of hydrogen-bond donors (Lipinski definition) is 2. The average molecular weight is 356 g/mol. The average Bonchev–Trinajstić information content (AvgIpc) is 2.68. The summed E-state index contributed by atoms with van der Waals surface area (Å²) in [6.07, 6.45) is 3.16. The molecular formula is C19H24N4O3. The molecule has 1 aromatic heterocycles. The van der Waals surface area contributed by atoms with Crippen molar-refractivity contribution >= 4 is 11.6 Å². The Morgan fingerprint density at radius 1 is 1.31 bits per heavy atom. The molecule has 1 fully saturated rings. The van der Waals surface area contributed by atoms with Gasteiger partial charge in [-0.15, -0.1) is 0 Å². The second-order valence-electron chi connectivity index (χ2n) is 6.57. The van der Waals surface area contributed by atoms with E-state index in [-0.39, 0.29) is 23.4 Å². The molecule has 2 N–H and O–H groups in total. The number of carbonyl (C=O) groups is 1. The number of carbonyl (C=O) groups excluding carboxylic acids is 1. The van der Waals surface area contributed by atoms with E-state index in [9.17, 15) is 9.59 Å². The van der Waals surface area contributed by atoms with Gasteiger partial charge in [-0.05, 0) is 37.5 Å². The SMILES string of the molecule is COc1ccc(C(C)NC(=O)C2CCN(c3cn[nH]c(=O)c3)CC2)cc1. The number of aromatic amines is 1. The molecule has 0 aliphatic carbocycles. The maximum Gasteiger partial charge on any atom is 0.266 e. The number of amides is 1. The highest BCUT2D eigenvalue weighted by Gasteiger charge is 2.26. The maximum absolute atomic E-state index is 12.6. The van der Waals surface area contributed by atoms with Crippen LogP contribution in [0.1, 0.15) is 31.4 Å². The lowest BCUT2D eigenvalue weighted by atomic mass is 9.95. The summed E-state index contributed by atoms with van der Waals surface area (Å²) < 4.78 is 5.16. The highest BCUT2D eigenvalue weighted by Crippen LogP contribution is 2.23. The Balaban J connectivity index is 1.53. The first-order valence-electron chi connectivity index (χ1n) is 8.81. The molecule has 138 valence electrons. The number of methoxy groups -OCH3 is 1. The smallest absolute Gasteiger partial charge is 0.266 e. The van der Waals surface area contributed by atoms with Gasteiger partial charge >= 0.3 is 0 Å². The zero-order valence-electron chi connectivity index (χ0n) is 15.1. The van der Waals surface area contributed by atoms with Crippen LogP contribution in [-0.2, 0) is 4.79 Å². The molecule has 1 aromatic carbocycles. The summed E-state index contributed by atoms with van der Waals surface area (Å²) in [6.45, 7) is 3.46. The van der Waals surface area contributed by atoms with Crippen molar-refractivity contribution in [3.8, 4) is 5.75 Å². The molecule has 2 heterocycles. The van der Waals surface area contributed by atoms with Crippen LogP contribution >= 0.6 is 0 Å². The fourth-order valence-corrected chi connectivity index (χ4v) is 3.25. The summed E-state index contributed by atoms with van der Waals surface area (Å²) in [5, 5.41) is 9.31. The van der Waals surface area contributed by atoms with Gasteiger partial charge in [0.2, 0.25) is 5.91 Å². The van der Waals surface area contributed by atoms with Crippen molar-refractivity contribution in [2.45, 2.75) is 25.8 Å². The van der Waals surface area contributed by atoms with Crippen molar-refractivity contribution in [2.75, 3.05) is 25.1 Å². The Labute approximate surface area is 152 Å². The second-order valence-corrected chi connectivity index (χ2v) is 6.57. The monoisotopic (exact) mass is 356 g/mol. The van der Waals surface area contributed by atoms with Gasteiger partial charge in [-0.1, -0.05) is 12.1 Å². The molecule has 2 aromatic rings. The van der Waals surface area contributed by atoms with Gasteiger partial charge in [-0.3, -0.25) is 9.59 Å². The van der Waals surface area contributed by atoms with E-state index in [1.54, 1.807) is 19.4 Å². The van der Waals surface area contributed by atoms with E-state index >= 15 is 0 Å². The number of benzene rings is 1. The van der Waals surface area contributed by atoms with Crippen molar-refractivity contribution in [1.82, 2.24) is 15.5 Å². The largest absolute Gasteiger partial charge is 0.497 e. The van der Waals surface area contributed by atoms with Crippen LogP contribution in [0.25, 0.3) is 0 Å². The van der Waals surface area contributed by atoms with Crippen LogP contribution in [0.15, 0.2) is 41.3 Å². The van der Waals surface area contributed by atoms with E-state index in [1.165, 1.54) is 0 Å². The molecule has 1 amide bonds. The summed E-state index contributed by atoms with van der Waals surface area (Å²) in [6, 6.07) is 9.21. The van der Waals surface area contributed by atoms with E-state index < -0.39 is 0 Å². The highest BCUT2D eigenvalue weighted by atomic mass is 16.5. The van der Waals surface area contributed by atoms with Gasteiger partial charge in [0.25, 0.3) is 5.56 Å². The fraction of sp³-hybridized carbons (Fsp3) is 0.421. The van der Waals surface area contributed by atoms with E-state index in [0.29, 0.717) is 0 Å². The van der Waals surface area contributed by atoms with Crippen LogP contribution in [0, 0.1) is 5.92 Å². The predicted octanol–water partition coefficient (Wildman–Crippen LogP) is 1.87. The van der Waals surface area contributed by atoms with Crippen molar-refractivity contribution in [2.24, 2.45) is 5.92 Å². The molecule has 1 aliphatic heterocycles. The highest BCUT2D eigenvalue weighted by molar-refractivity contribution is 5.79. The zero-order valence-corrected chi connectivity index (χ0v) is 15.1. The molecule has 0 bridgehead atoms. The molecule has 3 rings (SSSR count). The van der Waals surface area contributed by atoms with Crippen LogP contribution in [-0.4, -0.2) is 36.3 Å². The molecule has 0 spiro atoms. The number of nitrogens with zero attached hydrogens (tertiary/aromatic N) is 2. The molecule has 7 heteroatoms. The third-order valence-electron chi connectivity index (χ3n) is 4.86. The number of H-pyrrole nitrogens is 1. The summed E-state index contributed by atoms with van der Waals surface area (Å²) in [4.78, 5) is 26.1. The Hall–Kier alpha value is -2.83. The summed E-state index contributed by atoms with van der Waals surface area (Å²) in [7, 11) is 1.63. The van der Waals surface area contributed by atoms with E-state index in [1.807, 2.05) is 31.2 Å². The lowest BCUT2D eigenvalue weighted by Gasteiger charge is -2.33. The molecule has 26 heavy (non-hydrogen) atoms. The lowest BCUT2D eigenvalue weighted by Crippen LogP contribution is -2.41. The van der Waals surface area contributed by atoms with Gasteiger partial charge in [0.15, 0.2) is 0 Å². The standard InChI is InChI=1S/C19H24N4O3/c1-13(14-3-5-17(26-2)6-4-14)21-19(25)15-7-9-23(10-8-15)16-11-18(24)22-20-12-16/h3-6,11-13,15H,7-10H2,1-2H3,(H,21,25)(H,22,24). The summed E-state index contributed by atoms with van der Waals surface area (Å²) in [5.41, 5.74) is 1.64. The van der Waals surface area contributed by atoms with Crippen LogP contribution in [0.2, 0.25) is 0 Å². The summed E-state index contributed by atoms with van der Waals surface area (Å²) >= 11 is 0. The molecular weight excluding hydrogens is 332 g/mol. The Morgan fingerprint density at radius 2 is 2.00 bits per heavy atom. The molecule has 7 nitrogen and oxygen atoms in total. The first kappa shape index (κ1) is 18.0. The number of rotatable bonds is 5. The molecule has 1 unspecified atom stereocenters. The third kappa shape index (κ3) is 4.22. The van der Waals surface area contributed by atoms with Gasteiger partial charge < -0.3 is 15.0 Å². The first-order chi connectivity index (χ1) is 12.6. The predicted molar refractivity (Wildman–Crippen MR) is 99.3 cm³/mol. The Bertz CT molecular complexity index is 795. The van der Waals surface area contributed by atoms with Gasteiger partial charge in [-0.25, -0.2) is 5.10 Å². The van der Waals surface area contributed by atoms with Gasteiger partial charge in [0, 0.05) is 25.1 Å². The van der Waals surface area contributed by atoms with Crippen LogP contribution in [0.4, 0.5) is 5.69 Å². The Kier molecular flexibility index (Phi) is 5.55. The minimum atomic E-state index is -0.212. The number of ether oxygens (including phenoxy) is 1. The minimum absolute atomic E-state index is 0.0121. The minimum Gasteiger partial charge on any atom is -0.497 e. The van der Waals surface area contributed by atoms with Crippen molar-refractivity contribution in [3.05, 3.63) is 52.4 Å². The van der Waals surface area contributed by atoms with Crippen LogP contribution in [0.3, 0.4) is 0 Å². The van der Waals surface area contributed by atoms with Crippen molar-refractivity contribution in [1.29, 1.82) is 0 Å². The van der Waals surface area contributed by atoms with Gasteiger partial charge in [0.05, 0.1) is 25.0 Å². The number of aromatic nitrogens is 2. The van der Waals surface area contributed by atoms with Crippen molar-refractivity contribution < 1.29 is 9.53 Å². The van der Waals surface area contributed by atoms with Crippen LogP contribution < -0.4 is 20.5 Å². The number of piperidine rings is 1. The van der Waals surface area contributed by atoms with Crippen LogP contribution in [0.5, 0.6) is 5.75 Å². The Morgan fingerprint density at radius 3 is 2.62 bits per heavy atom. The number of anilines is 1. The molecule has 1 saturated heterocycles. The zero-order chi connectivity index (χ0) is 18.5. The van der Waals surface area contributed by atoms with E-state index in [2.05, 4.69) is 20.4 Å². The third-order valence-corrected chi connectivity index (χ3v) is 4.86. The molecule has 1 atom stereocenters. The number of nitrogens with one attached hydrogen (secondary N) is 2. The quantitative estimate of drug-likeness (QED) is 0.854. The second kappa shape index (κ2) is 8.03. The molecule has 0 radical (unpaired) electrons. The first-order valence-corrected chi connectivity index (χ1v) is 8.81. The van der Waals surface area contributed by atoms with E-state index in [4.69, 9.17) is 4.74 Å². The van der Waals surface area contributed by atoms with E-state index in [0.717, 1.165) is 42.9 Å².